The number of benzene rings is 1. The molecule has 0 radical (unpaired) electrons. The van der Waals surface area contributed by atoms with Crippen LogP contribution in [0.4, 0.5) is 15.8 Å². The molecule has 0 aliphatic heterocycles. The third-order valence-electron chi connectivity index (χ3n) is 2.57. The molecule has 112 valence electrons. The van der Waals surface area contributed by atoms with Gasteiger partial charge in [0, 0.05) is 17.2 Å². The Morgan fingerprint density at radius 1 is 1.29 bits per heavy atom. The number of rotatable bonds is 5. The van der Waals surface area contributed by atoms with E-state index in [1.807, 2.05) is 6.92 Å². The summed E-state index contributed by atoms with van der Waals surface area (Å²) in [6, 6.07) is 7.00. The third kappa shape index (κ3) is 3.70. The number of pyridine rings is 1. The Kier molecular flexibility index (Phi) is 4.79. The van der Waals surface area contributed by atoms with E-state index < -0.39 is 15.8 Å². The highest BCUT2D eigenvalue weighted by Crippen LogP contribution is 2.27. The number of anilines is 2. The molecule has 0 aliphatic carbocycles. The Morgan fingerprint density at radius 3 is 2.76 bits per heavy atom. The van der Waals surface area contributed by atoms with Crippen molar-refractivity contribution in [1.82, 2.24) is 4.98 Å². The van der Waals surface area contributed by atoms with Crippen LogP contribution in [-0.2, 0) is 10.0 Å². The predicted molar refractivity (Wildman–Crippen MR) is 83.3 cm³/mol. The van der Waals surface area contributed by atoms with Crippen LogP contribution in [0.25, 0.3) is 0 Å². The van der Waals surface area contributed by atoms with Crippen LogP contribution < -0.4 is 10.0 Å². The first-order chi connectivity index (χ1) is 9.94. The molecule has 0 spiro atoms. The molecule has 21 heavy (non-hydrogen) atoms. The second-order valence-corrected chi connectivity index (χ2v) is 6.57. The average Bonchev–Trinajstić information content (AvgIpc) is 2.43. The highest BCUT2D eigenvalue weighted by Gasteiger charge is 2.21. The van der Waals surface area contributed by atoms with E-state index in [1.165, 1.54) is 18.3 Å². The lowest BCUT2D eigenvalue weighted by molar-refractivity contribution is 0.597. The summed E-state index contributed by atoms with van der Waals surface area (Å²) in [6.45, 7) is 2.40. The summed E-state index contributed by atoms with van der Waals surface area (Å²) in [7, 11) is -3.93. The minimum atomic E-state index is -3.93. The van der Waals surface area contributed by atoms with Gasteiger partial charge in [-0.2, -0.15) is 8.42 Å². The Balaban J connectivity index is 2.41. The molecule has 0 amide bonds. The van der Waals surface area contributed by atoms with Gasteiger partial charge in [-0.1, -0.05) is 0 Å². The van der Waals surface area contributed by atoms with Crippen molar-refractivity contribution in [2.24, 2.45) is 0 Å². The van der Waals surface area contributed by atoms with Gasteiger partial charge in [0.2, 0.25) is 0 Å². The zero-order chi connectivity index (χ0) is 15.5. The van der Waals surface area contributed by atoms with E-state index in [2.05, 4.69) is 31.0 Å². The molecule has 2 rings (SSSR count). The van der Waals surface area contributed by atoms with Gasteiger partial charge in [-0.25, -0.2) is 9.37 Å². The monoisotopic (exact) mass is 373 g/mol. The number of hydrogen-bond donors (Lipinski definition) is 2. The molecular weight excluding hydrogens is 361 g/mol. The van der Waals surface area contributed by atoms with Crippen molar-refractivity contribution in [3.63, 3.8) is 0 Å². The highest BCUT2D eigenvalue weighted by molar-refractivity contribution is 9.10. The number of halogens is 2. The molecule has 1 aromatic carbocycles. The van der Waals surface area contributed by atoms with Gasteiger partial charge in [0.05, 0.1) is 11.4 Å². The number of nitrogens with zero attached hydrogens (tertiary/aromatic N) is 1. The molecule has 8 heteroatoms. The van der Waals surface area contributed by atoms with E-state index >= 15 is 0 Å². The zero-order valence-corrected chi connectivity index (χ0v) is 13.5. The van der Waals surface area contributed by atoms with Crippen molar-refractivity contribution in [1.29, 1.82) is 0 Å². The quantitative estimate of drug-likeness (QED) is 0.843. The zero-order valence-electron chi connectivity index (χ0n) is 11.1. The molecule has 5 nitrogen and oxygen atoms in total. The lowest BCUT2D eigenvalue weighted by Crippen LogP contribution is -2.17. The van der Waals surface area contributed by atoms with Crippen LogP contribution in [0.15, 0.2) is 46.0 Å². The topological polar surface area (TPSA) is 71.1 Å². The molecule has 0 saturated heterocycles. The van der Waals surface area contributed by atoms with Gasteiger partial charge in [0.1, 0.15) is 5.82 Å². The van der Waals surface area contributed by atoms with Crippen LogP contribution >= 0.6 is 15.9 Å². The maximum atomic E-state index is 13.2. The van der Waals surface area contributed by atoms with Crippen molar-refractivity contribution in [3.8, 4) is 0 Å². The SMILES string of the molecule is CCNc1cccnc1S(=O)(=O)Nc1cc(F)ccc1Br. The second-order valence-electron chi connectivity index (χ2n) is 4.12. The van der Waals surface area contributed by atoms with Gasteiger partial charge < -0.3 is 5.32 Å². The summed E-state index contributed by atoms with van der Waals surface area (Å²) in [5.74, 6) is -0.538. The fourth-order valence-corrected chi connectivity index (χ4v) is 3.36. The smallest absolute Gasteiger partial charge is 0.281 e. The molecular formula is C13H13BrFN3O2S. The molecule has 0 aliphatic rings. The minimum Gasteiger partial charge on any atom is -0.383 e. The maximum absolute atomic E-state index is 13.2. The van der Waals surface area contributed by atoms with Crippen molar-refractivity contribution < 1.29 is 12.8 Å². The second kappa shape index (κ2) is 6.40. The van der Waals surface area contributed by atoms with Gasteiger partial charge in [-0.15, -0.1) is 0 Å². The maximum Gasteiger partial charge on any atom is 0.281 e. The van der Waals surface area contributed by atoms with Crippen LogP contribution in [-0.4, -0.2) is 19.9 Å². The summed E-state index contributed by atoms with van der Waals surface area (Å²) >= 11 is 3.18. The van der Waals surface area contributed by atoms with Crippen LogP contribution in [0, 0.1) is 5.82 Å². The van der Waals surface area contributed by atoms with E-state index in [9.17, 15) is 12.8 Å². The van der Waals surface area contributed by atoms with Gasteiger partial charge in [-0.3, -0.25) is 4.72 Å². The summed E-state index contributed by atoms with van der Waals surface area (Å²) in [5.41, 5.74) is 0.503. The third-order valence-corrected chi connectivity index (χ3v) is 4.58. The van der Waals surface area contributed by atoms with E-state index in [4.69, 9.17) is 0 Å². The first-order valence-corrected chi connectivity index (χ1v) is 8.38. The molecule has 1 heterocycles. The van der Waals surface area contributed by atoms with E-state index in [0.717, 1.165) is 6.07 Å². The Hall–Kier alpha value is -1.67. The molecule has 0 unspecified atom stereocenters. The minimum absolute atomic E-state index is 0.114. The lowest BCUT2D eigenvalue weighted by atomic mass is 10.3. The summed E-state index contributed by atoms with van der Waals surface area (Å²) in [6.07, 6.45) is 1.38. The van der Waals surface area contributed by atoms with E-state index in [1.54, 1.807) is 12.1 Å². The first-order valence-electron chi connectivity index (χ1n) is 6.11. The summed E-state index contributed by atoms with van der Waals surface area (Å²) in [4.78, 5) is 3.90. The molecule has 1 aromatic heterocycles. The standard InChI is InChI=1S/C13H13BrFN3O2S/c1-2-16-11-4-3-7-17-13(11)21(19,20)18-12-8-9(15)5-6-10(12)14/h3-8,16,18H,2H2,1H3. The normalized spacial score (nSPS) is 11.2. The molecule has 2 aromatic rings. The van der Waals surface area contributed by atoms with E-state index in [0.29, 0.717) is 16.7 Å². The fraction of sp³-hybridized carbons (Fsp3) is 0.154. The van der Waals surface area contributed by atoms with Crippen molar-refractivity contribution in [2.45, 2.75) is 11.9 Å². The van der Waals surface area contributed by atoms with Crippen molar-refractivity contribution in [3.05, 3.63) is 46.8 Å². The average molecular weight is 374 g/mol. The first kappa shape index (κ1) is 15.7. The van der Waals surface area contributed by atoms with Crippen molar-refractivity contribution in [2.75, 3.05) is 16.6 Å². The molecule has 2 N–H and O–H groups in total. The number of aromatic nitrogens is 1. The van der Waals surface area contributed by atoms with E-state index in [-0.39, 0.29) is 10.7 Å². The number of hydrogen-bond acceptors (Lipinski definition) is 4. The highest BCUT2D eigenvalue weighted by atomic mass is 79.9. The fourth-order valence-electron chi connectivity index (χ4n) is 1.70. The lowest BCUT2D eigenvalue weighted by Gasteiger charge is -2.12. The van der Waals surface area contributed by atoms with Crippen LogP contribution in [0.5, 0.6) is 0 Å². The molecule has 0 atom stereocenters. The van der Waals surface area contributed by atoms with Crippen LogP contribution in [0.1, 0.15) is 6.92 Å². The predicted octanol–water partition coefficient (Wildman–Crippen LogP) is 3.22. The molecule has 0 fully saturated rings. The van der Waals surface area contributed by atoms with Crippen LogP contribution in [0.3, 0.4) is 0 Å². The summed E-state index contributed by atoms with van der Waals surface area (Å²) < 4.78 is 40.8. The number of nitrogens with one attached hydrogen (secondary N) is 2. The Labute approximate surface area is 130 Å². The molecule has 0 saturated carbocycles. The van der Waals surface area contributed by atoms with Gasteiger partial charge in [0.15, 0.2) is 5.03 Å². The van der Waals surface area contributed by atoms with Crippen molar-refractivity contribution >= 4 is 37.3 Å². The van der Waals surface area contributed by atoms with Gasteiger partial charge in [-0.05, 0) is 53.2 Å². The largest absolute Gasteiger partial charge is 0.383 e. The Bertz CT molecular complexity index is 753. The van der Waals surface area contributed by atoms with Gasteiger partial charge >= 0.3 is 0 Å². The van der Waals surface area contributed by atoms with Gasteiger partial charge in [0.25, 0.3) is 10.0 Å². The molecule has 0 bridgehead atoms. The Morgan fingerprint density at radius 2 is 2.05 bits per heavy atom. The summed E-state index contributed by atoms with van der Waals surface area (Å²) in [5, 5.41) is 2.79. The number of sulfonamides is 1. The van der Waals surface area contributed by atoms with Crippen LogP contribution in [0.2, 0.25) is 0 Å².